The Bertz CT molecular complexity index is 997. The second-order valence-corrected chi connectivity index (χ2v) is 6.93. The largest absolute Gasteiger partial charge is 0.465 e. The van der Waals surface area contributed by atoms with E-state index < -0.39 is 10.9 Å². The Morgan fingerprint density at radius 2 is 2.19 bits per heavy atom. The van der Waals surface area contributed by atoms with Gasteiger partial charge in [0.25, 0.3) is 0 Å². The first-order chi connectivity index (χ1) is 12.5. The molecule has 0 radical (unpaired) electrons. The van der Waals surface area contributed by atoms with Gasteiger partial charge in [0, 0.05) is 19.2 Å². The van der Waals surface area contributed by atoms with Crippen molar-refractivity contribution in [1.29, 1.82) is 0 Å². The molecule has 0 aliphatic heterocycles. The fraction of sp³-hybridized carbons (Fsp3) is 0.250. The molecule has 0 bridgehead atoms. The van der Waals surface area contributed by atoms with Crippen molar-refractivity contribution in [3.63, 3.8) is 0 Å². The molecule has 8 nitrogen and oxygen atoms in total. The van der Waals surface area contributed by atoms with Crippen molar-refractivity contribution in [2.24, 2.45) is 0 Å². The minimum atomic E-state index is -0.839. The summed E-state index contributed by atoms with van der Waals surface area (Å²) in [5.41, 5.74) is 1.53. The molecule has 3 rings (SSSR count). The van der Waals surface area contributed by atoms with Crippen LogP contribution in [0.15, 0.2) is 24.5 Å². The highest BCUT2D eigenvalue weighted by molar-refractivity contribution is 7.20. The maximum Gasteiger partial charge on any atom is 0.347 e. The highest BCUT2D eigenvalue weighted by Gasteiger charge is 2.33. The predicted octanol–water partition coefficient (Wildman–Crippen LogP) is 3.76. The molecule has 0 unspecified atom stereocenters. The lowest BCUT2D eigenvalue weighted by molar-refractivity contribution is -0.384. The van der Waals surface area contributed by atoms with Crippen molar-refractivity contribution >= 4 is 45.6 Å². The average molecular weight is 396 g/mol. The molecule has 0 spiro atoms. The number of esters is 1. The quantitative estimate of drug-likeness (QED) is 0.358. The fourth-order valence-corrected chi connectivity index (χ4v) is 3.99. The zero-order valence-electron chi connectivity index (χ0n) is 13.9. The number of methoxy groups -OCH3 is 2. The number of carbonyl (C=O) groups is 1. The number of nitro groups is 1. The number of hydrogen-bond acceptors (Lipinski definition) is 7. The molecule has 0 saturated heterocycles. The normalized spacial score (nSPS) is 11.0. The van der Waals surface area contributed by atoms with Crippen LogP contribution in [0.25, 0.3) is 21.5 Å². The number of fused-ring (bicyclic) bond motifs is 1. The zero-order valence-corrected chi connectivity index (χ0v) is 15.5. The van der Waals surface area contributed by atoms with Crippen LogP contribution in [-0.2, 0) is 16.0 Å². The van der Waals surface area contributed by atoms with E-state index in [1.165, 1.54) is 0 Å². The summed E-state index contributed by atoms with van der Waals surface area (Å²) < 4.78 is 11.6. The first kappa shape index (κ1) is 18.3. The molecule has 136 valence electrons. The Hall–Kier alpha value is -2.49. The maximum atomic E-state index is 11.9. The van der Waals surface area contributed by atoms with Crippen LogP contribution in [0.1, 0.15) is 10.4 Å². The molecule has 2 aromatic heterocycles. The van der Waals surface area contributed by atoms with Crippen molar-refractivity contribution in [2.45, 2.75) is 6.54 Å². The van der Waals surface area contributed by atoms with Crippen LogP contribution in [0.4, 0.5) is 5.69 Å². The number of aromatic nitrogens is 2. The third-order valence-electron chi connectivity index (χ3n) is 3.83. The van der Waals surface area contributed by atoms with E-state index in [9.17, 15) is 14.9 Å². The number of thiophene rings is 1. The number of rotatable bonds is 6. The van der Waals surface area contributed by atoms with E-state index in [-0.39, 0.29) is 20.5 Å². The fourth-order valence-electron chi connectivity index (χ4n) is 2.62. The summed E-state index contributed by atoms with van der Waals surface area (Å²) in [6.45, 7) is 1.19. The molecule has 26 heavy (non-hydrogen) atoms. The number of ether oxygens (including phenoxy) is 2. The number of imidazole rings is 1. The van der Waals surface area contributed by atoms with Gasteiger partial charge in [-0.3, -0.25) is 10.1 Å². The van der Waals surface area contributed by atoms with Gasteiger partial charge in [0.15, 0.2) is 5.56 Å². The smallest absolute Gasteiger partial charge is 0.347 e. The number of benzene rings is 1. The van der Waals surface area contributed by atoms with Gasteiger partial charge in [-0.05, 0) is 12.1 Å². The SMILES string of the molecule is COCCn1cnc2cc(-c3sc(Cl)c(C(=O)OC)c3[N+](=O)[O-])ccc21. The molecule has 0 atom stereocenters. The van der Waals surface area contributed by atoms with E-state index in [0.29, 0.717) is 24.2 Å². The second kappa shape index (κ2) is 7.40. The van der Waals surface area contributed by atoms with Crippen molar-refractivity contribution in [1.82, 2.24) is 9.55 Å². The van der Waals surface area contributed by atoms with Crippen LogP contribution >= 0.6 is 22.9 Å². The summed E-state index contributed by atoms with van der Waals surface area (Å²) in [5, 5.41) is 11.5. The first-order valence-electron chi connectivity index (χ1n) is 7.47. The topological polar surface area (TPSA) is 96.5 Å². The van der Waals surface area contributed by atoms with Crippen LogP contribution in [-0.4, -0.2) is 41.3 Å². The van der Waals surface area contributed by atoms with E-state index in [0.717, 1.165) is 24.0 Å². The van der Waals surface area contributed by atoms with Gasteiger partial charge in [-0.2, -0.15) is 0 Å². The standard InChI is InChI=1S/C16H14ClN3O5S/c1-24-6-5-19-8-18-10-7-9(3-4-11(10)19)14-13(20(22)23)12(15(17)26-14)16(21)25-2/h3-4,7-8H,5-6H2,1-2H3. The summed E-state index contributed by atoms with van der Waals surface area (Å²) in [5.74, 6) is -0.839. The Morgan fingerprint density at radius 3 is 2.85 bits per heavy atom. The lowest BCUT2D eigenvalue weighted by Crippen LogP contribution is -2.04. The van der Waals surface area contributed by atoms with Crippen molar-refractivity contribution in [3.8, 4) is 10.4 Å². The zero-order chi connectivity index (χ0) is 18.8. The second-order valence-electron chi connectivity index (χ2n) is 5.31. The summed E-state index contributed by atoms with van der Waals surface area (Å²) in [7, 11) is 2.77. The van der Waals surface area contributed by atoms with Gasteiger partial charge in [-0.1, -0.05) is 17.7 Å². The van der Waals surface area contributed by atoms with Crippen molar-refractivity contribution < 1.29 is 19.2 Å². The van der Waals surface area contributed by atoms with E-state index in [4.69, 9.17) is 16.3 Å². The molecule has 0 N–H and O–H groups in total. The lowest BCUT2D eigenvalue weighted by Gasteiger charge is -2.04. The van der Waals surface area contributed by atoms with Gasteiger partial charge in [0.05, 0.1) is 36.0 Å². The van der Waals surface area contributed by atoms with E-state index >= 15 is 0 Å². The van der Waals surface area contributed by atoms with Crippen molar-refractivity contribution in [3.05, 3.63) is 44.5 Å². The van der Waals surface area contributed by atoms with Gasteiger partial charge in [-0.15, -0.1) is 11.3 Å². The minimum absolute atomic E-state index is 0.0178. The monoisotopic (exact) mass is 395 g/mol. The predicted molar refractivity (Wildman–Crippen MR) is 97.9 cm³/mol. The first-order valence-corrected chi connectivity index (χ1v) is 8.66. The molecule has 1 aromatic carbocycles. The van der Waals surface area contributed by atoms with Crippen molar-refractivity contribution in [2.75, 3.05) is 20.8 Å². The Morgan fingerprint density at radius 1 is 1.42 bits per heavy atom. The summed E-state index contributed by atoms with van der Waals surface area (Å²) in [6, 6.07) is 5.29. The minimum Gasteiger partial charge on any atom is -0.465 e. The van der Waals surface area contributed by atoms with E-state index in [2.05, 4.69) is 9.72 Å². The number of carbonyl (C=O) groups excluding carboxylic acids is 1. The maximum absolute atomic E-state index is 11.9. The van der Waals surface area contributed by atoms with Gasteiger partial charge >= 0.3 is 11.7 Å². The summed E-state index contributed by atoms with van der Waals surface area (Å²) >= 11 is 7.04. The molecule has 10 heteroatoms. The van der Waals surface area contributed by atoms with E-state index in [1.54, 1.807) is 25.6 Å². The van der Waals surface area contributed by atoms with Crippen LogP contribution in [0, 0.1) is 10.1 Å². The third kappa shape index (κ3) is 3.16. The number of halogens is 1. The number of nitrogens with zero attached hydrogens (tertiary/aromatic N) is 3. The van der Waals surface area contributed by atoms with Crippen LogP contribution in [0.5, 0.6) is 0 Å². The summed E-state index contributed by atoms with van der Waals surface area (Å²) in [6.07, 6.45) is 1.68. The van der Waals surface area contributed by atoms with Gasteiger partial charge in [0.2, 0.25) is 0 Å². The lowest BCUT2D eigenvalue weighted by atomic mass is 10.1. The Balaban J connectivity index is 2.12. The molecular formula is C16H14ClN3O5S. The van der Waals surface area contributed by atoms with E-state index in [1.807, 2.05) is 10.6 Å². The van der Waals surface area contributed by atoms with Gasteiger partial charge < -0.3 is 14.0 Å². The molecular weight excluding hydrogens is 382 g/mol. The Kier molecular flexibility index (Phi) is 5.21. The molecule has 2 heterocycles. The van der Waals surface area contributed by atoms with Crippen LogP contribution in [0.3, 0.4) is 0 Å². The molecule has 0 aliphatic rings. The van der Waals surface area contributed by atoms with Gasteiger partial charge in [0.1, 0.15) is 9.21 Å². The highest BCUT2D eigenvalue weighted by Crippen LogP contribution is 2.45. The van der Waals surface area contributed by atoms with Crippen LogP contribution < -0.4 is 0 Å². The highest BCUT2D eigenvalue weighted by atomic mass is 35.5. The molecule has 0 aliphatic carbocycles. The molecule has 3 aromatic rings. The average Bonchev–Trinajstić information content (AvgIpc) is 3.19. The molecule has 0 saturated carbocycles. The third-order valence-corrected chi connectivity index (χ3v) is 5.27. The molecule has 0 amide bonds. The number of hydrogen-bond donors (Lipinski definition) is 0. The summed E-state index contributed by atoms with van der Waals surface area (Å²) in [4.78, 5) is 27.4. The molecule has 0 fully saturated rings. The van der Waals surface area contributed by atoms with Gasteiger partial charge in [-0.25, -0.2) is 9.78 Å². The Labute approximate surface area is 157 Å². The van der Waals surface area contributed by atoms with Crippen LogP contribution in [0.2, 0.25) is 4.34 Å².